The van der Waals surface area contributed by atoms with Gasteiger partial charge in [-0.15, -0.1) is 0 Å². The van der Waals surface area contributed by atoms with E-state index in [-0.39, 0.29) is 0 Å². The van der Waals surface area contributed by atoms with Crippen LogP contribution in [0.1, 0.15) is 11.1 Å². The van der Waals surface area contributed by atoms with Crippen LogP contribution < -0.4 is 4.68 Å². The van der Waals surface area contributed by atoms with Crippen molar-refractivity contribution in [2.24, 2.45) is 5.10 Å². The quantitative estimate of drug-likeness (QED) is 0.518. The second-order valence-electron chi connectivity index (χ2n) is 3.41. The molecular formula is C13H13N2+. The first-order valence-electron chi connectivity index (χ1n) is 4.92. The molecule has 2 rings (SSSR count). The second kappa shape index (κ2) is 4.51. The van der Waals surface area contributed by atoms with Crippen LogP contribution in [0.25, 0.3) is 0 Å². The average Bonchev–Trinajstić information content (AvgIpc) is 2.30. The van der Waals surface area contributed by atoms with Gasteiger partial charge in [-0.25, -0.2) is 0 Å². The Morgan fingerprint density at radius 1 is 1.00 bits per heavy atom. The van der Waals surface area contributed by atoms with Crippen LogP contribution in [0.5, 0.6) is 0 Å². The molecule has 0 unspecified atom stereocenters. The fourth-order valence-electron chi connectivity index (χ4n) is 1.25. The Bertz CT molecular complexity index is 444. The summed E-state index contributed by atoms with van der Waals surface area (Å²) in [4.78, 5) is 0. The Morgan fingerprint density at radius 2 is 1.67 bits per heavy atom. The molecule has 0 saturated carbocycles. The first-order valence-corrected chi connectivity index (χ1v) is 4.92. The van der Waals surface area contributed by atoms with Crippen molar-refractivity contribution in [1.82, 2.24) is 0 Å². The van der Waals surface area contributed by atoms with Crippen molar-refractivity contribution in [3.8, 4) is 0 Å². The molecule has 74 valence electrons. The van der Waals surface area contributed by atoms with Crippen LogP contribution in [-0.2, 0) is 0 Å². The Balaban J connectivity index is 2.15. The van der Waals surface area contributed by atoms with Gasteiger partial charge in [0.15, 0.2) is 0 Å². The van der Waals surface area contributed by atoms with Gasteiger partial charge in [-0.2, -0.15) is 0 Å². The fraction of sp³-hybridized carbons (Fsp3) is 0.0769. The molecule has 1 heterocycles. The molecule has 0 aliphatic rings. The zero-order chi connectivity index (χ0) is 10.5. The van der Waals surface area contributed by atoms with Crippen LogP contribution in [0.15, 0.2) is 60.0 Å². The molecule has 1 aromatic heterocycles. The van der Waals surface area contributed by atoms with Crippen LogP contribution >= 0.6 is 0 Å². The smallest absolute Gasteiger partial charge is 0.0596 e. The van der Waals surface area contributed by atoms with Gasteiger partial charge >= 0.3 is 0 Å². The molecule has 0 aliphatic carbocycles. The molecule has 0 saturated heterocycles. The number of nitrogens with zero attached hydrogens (tertiary/aromatic N) is 2. The minimum absolute atomic E-state index is 1.11. The fourth-order valence-corrected chi connectivity index (χ4v) is 1.25. The molecule has 0 aliphatic heterocycles. The normalized spacial score (nSPS) is 10.7. The zero-order valence-corrected chi connectivity index (χ0v) is 8.67. The van der Waals surface area contributed by atoms with Gasteiger partial charge in [0.2, 0.25) is 12.4 Å². The maximum atomic E-state index is 4.30. The van der Waals surface area contributed by atoms with Crippen molar-refractivity contribution >= 4 is 6.21 Å². The highest BCUT2D eigenvalue weighted by atomic mass is 15.3. The summed E-state index contributed by atoms with van der Waals surface area (Å²) >= 11 is 0. The highest BCUT2D eigenvalue weighted by Gasteiger charge is 1.92. The monoisotopic (exact) mass is 197 g/mol. The molecule has 0 radical (unpaired) electrons. The Morgan fingerprint density at radius 3 is 2.33 bits per heavy atom. The van der Waals surface area contributed by atoms with Crippen molar-refractivity contribution in [2.75, 3.05) is 0 Å². The van der Waals surface area contributed by atoms with E-state index in [9.17, 15) is 0 Å². The van der Waals surface area contributed by atoms with Gasteiger partial charge in [0.25, 0.3) is 0 Å². The van der Waals surface area contributed by atoms with Gasteiger partial charge in [0, 0.05) is 12.1 Å². The number of hydrogen-bond acceptors (Lipinski definition) is 1. The molecule has 0 spiro atoms. The second-order valence-corrected chi connectivity index (χ2v) is 3.41. The summed E-state index contributed by atoms with van der Waals surface area (Å²) < 4.78 is 1.78. The van der Waals surface area contributed by atoms with E-state index in [1.807, 2.05) is 36.8 Å². The summed E-state index contributed by atoms with van der Waals surface area (Å²) in [7, 11) is 0. The highest BCUT2D eigenvalue weighted by molar-refractivity contribution is 5.78. The lowest BCUT2D eigenvalue weighted by atomic mass is 10.2. The third kappa shape index (κ3) is 2.74. The lowest BCUT2D eigenvalue weighted by Gasteiger charge is -1.91. The summed E-state index contributed by atoms with van der Waals surface area (Å²) in [6.07, 6.45) is 5.66. The lowest BCUT2D eigenvalue weighted by Crippen LogP contribution is -2.25. The van der Waals surface area contributed by atoms with Gasteiger partial charge < -0.3 is 0 Å². The summed E-state index contributed by atoms with van der Waals surface area (Å²) in [5.74, 6) is 0. The van der Waals surface area contributed by atoms with Crippen molar-refractivity contribution in [1.29, 1.82) is 0 Å². The van der Waals surface area contributed by atoms with E-state index in [0.717, 1.165) is 5.56 Å². The number of aromatic nitrogens is 1. The summed E-state index contributed by atoms with van der Waals surface area (Å²) in [6, 6.07) is 14.1. The van der Waals surface area contributed by atoms with E-state index >= 15 is 0 Å². The maximum absolute atomic E-state index is 4.30. The molecular weight excluding hydrogens is 184 g/mol. The predicted octanol–water partition coefficient (Wildman–Crippen LogP) is 2.16. The third-order valence-corrected chi connectivity index (χ3v) is 2.12. The van der Waals surface area contributed by atoms with E-state index in [0.29, 0.717) is 0 Å². The molecule has 0 amide bonds. The molecule has 2 nitrogen and oxygen atoms in total. The largest absolute Gasteiger partial charge is 0.202 e. The topological polar surface area (TPSA) is 16.2 Å². The zero-order valence-electron chi connectivity index (χ0n) is 8.67. The van der Waals surface area contributed by atoms with E-state index in [1.54, 1.807) is 4.68 Å². The predicted molar refractivity (Wildman–Crippen MR) is 60.8 cm³/mol. The van der Waals surface area contributed by atoms with Crippen molar-refractivity contribution in [2.45, 2.75) is 6.92 Å². The van der Waals surface area contributed by atoms with Crippen LogP contribution in [0.2, 0.25) is 0 Å². The van der Waals surface area contributed by atoms with Crippen LogP contribution in [0, 0.1) is 6.92 Å². The van der Waals surface area contributed by atoms with E-state index in [2.05, 4.69) is 36.3 Å². The van der Waals surface area contributed by atoms with E-state index < -0.39 is 0 Å². The Hall–Kier alpha value is -1.96. The van der Waals surface area contributed by atoms with Crippen molar-refractivity contribution in [3.05, 3.63) is 66.0 Å². The standard InChI is InChI=1S/C13H13N2/c1-12-5-7-13(8-6-12)11-14-15-9-3-2-4-10-15/h2-11H,1H3/q+1/b14-11-. The molecule has 0 fully saturated rings. The number of benzene rings is 1. The van der Waals surface area contributed by atoms with Crippen molar-refractivity contribution in [3.63, 3.8) is 0 Å². The number of pyridine rings is 1. The molecule has 0 N–H and O–H groups in total. The number of hydrogen-bond donors (Lipinski definition) is 0. The minimum atomic E-state index is 1.11. The Labute approximate surface area is 89.5 Å². The highest BCUT2D eigenvalue weighted by Crippen LogP contribution is 1.99. The molecule has 15 heavy (non-hydrogen) atoms. The lowest BCUT2D eigenvalue weighted by molar-refractivity contribution is -0.678. The van der Waals surface area contributed by atoms with Crippen LogP contribution in [0.3, 0.4) is 0 Å². The maximum Gasteiger partial charge on any atom is 0.202 e. The first kappa shape index (κ1) is 9.59. The third-order valence-electron chi connectivity index (χ3n) is 2.12. The Kier molecular flexibility index (Phi) is 2.88. The van der Waals surface area contributed by atoms with Gasteiger partial charge in [0.1, 0.15) is 6.21 Å². The first-order chi connectivity index (χ1) is 7.34. The van der Waals surface area contributed by atoms with Gasteiger partial charge in [-0.1, -0.05) is 40.6 Å². The average molecular weight is 197 g/mol. The molecule has 2 aromatic rings. The van der Waals surface area contributed by atoms with Gasteiger partial charge in [-0.3, -0.25) is 0 Å². The van der Waals surface area contributed by atoms with Gasteiger partial charge in [-0.05, 0) is 17.6 Å². The molecule has 0 bridgehead atoms. The number of aryl methyl sites for hydroxylation is 1. The summed E-state index contributed by atoms with van der Waals surface area (Å²) in [5.41, 5.74) is 2.37. The molecule has 2 heteroatoms. The van der Waals surface area contributed by atoms with Crippen LogP contribution in [0.4, 0.5) is 0 Å². The minimum Gasteiger partial charge on any atom is -0.0596 e. The SMILES string of the molecule is Cc1ccc(/C=N\[n+]2ccccc2)cc1. The number of rotatable bonds is 2. The van der Waals surface area contributed by atoms with E-state index in [4.69, 9.17) is 0 Å². The van der Waals surface area contributed by atoms with Crippen molar-refractivity contribution < 1.29 is 4.68 Å². The summed E-state index contributed by atoms with van der Waals surface area (Å²) in [5, 5.41) is 4.30. The molecule has 0 atom stereocenters. The van der Waals surface area contributed by atoms with Gasteiger partial charge in [0.05, 0.1) is 0 Å². The van der Waals surface area contributed by atoms with E-state index in [1.165, 1.54) is 5.56 Å². The summed E-state index contributed by atoms with van der Waals surface area (Å²) in [6.45, 7) is 2.08. The van der Waals surface area contributed by atoms with Crippen LogP contribution in [-0.4, -0.2) is 6.21 Å². The molecule has 1 aromatic carbocycles.